The largest absolute Gasteiger partial charge is 0.357 e. The van der Waals surface area contributed by atoms with Gasteiger partial charge >= 0.3 is 0 Å². The number of aryl methyl sites for hydroxylation is 2. The molecule has 0 aromatic carbocycles. The molecule has 0 unspecified atom stereocenters. The number of hydrogen-bond acceptors (Lipinski definition) is 3. The lowest BCUT2D eigenvalue weighted by molar-refractivity contribution is 0.817. The molecule has 0 amide bonds. The van der Waals surface area contributed by atoms with E-state index in [4.69, 9.17) is 0 Å². The van der Waals surface area contributed by atoms with Gasteiger partial charge in [0.25, 0.3) is 0 Å². The van der Waals surface area contributed by atoms with Gasteiger partial charge < -0.3 is 10.6 Å². The minimum atomic E-state index is 0. The lowest BCUT2D eigenvalue weighted by atomic mass is 10.2. The van der Waals surface area contributed by atoms with E-state index in [0.717, 1.165) is 31.2 Å². The molecule has 0 radical (unpaired) electrons. The monoisotopic (exact) mass is 444 g/mol. The van der Waals surface area contributed by atoms with Crippen molar-refractivity contribution in [1.29, 1.82) is 0 Å². The van der Waals surface area contributed by atoms with Gasteiger partial charge in [-0.15, -0.1) is 35.3 Å². The number of guanidine groups is 1. The summed E-state index contributed by atoms with van der Waals surface area (Å²) < 4.78 is 0. The third-order valence-corrected chi connectivity index (χ3v) is 4.57. The molecule has 23 heavy (non-hydrogen) atoms. The van der Waals surface area contributed by atoms with Gasteiger partial charge in [0.2, 0.25) is 0 Å². The van der Waals surface area contributed by atoms with Gasteiger partial charge in [-0.1, -0.05) is 13.0 Å². The Hall–Kier alpha value is -1.15. The van der Waals surface area contributed by atoms with Crippen LogP contribution in [0.15, 0.2) is 35.5 Å². The first-order valence-electron chi connectivity index (χ1n) is 7.73. The fourth-order valence-electron chi connectivity index (χ4n) is 2.06. The van der Waals surface area contributed by atoms with Crippen LogP contribution in [0.1, 0.15) is 34.9 Å². The maximum atomic E-state index is 4.62. The number of nitrogens with one attached hydrogen (secondary N) is 2. The fourth-order valence-corrected chi connectivity index (χ4v) is 2.96. The van der Waals surface area contributed by atoms with Crippen LogP contribution in [0, 0.1) is 6.92 Å². The summed E-state index contributed by atoms with van der Waals surface area (Å²) in [5.41, 5.74) is 2.19. The molecule has 0 aliphatic heterocycles. The van der Waals surface area contributed by atoms with E-state index in [1.807, 2.05) is 23.6 Å². The van der Waals surface area contributed by atoms with E-state index in [1.165, 1.54) is 15.3 Å². The number of nitrogens with zero attached hydrogens (tertiary/aromatic N) is 2. The zero-order valence-corrected chi connectivity index (χ0v) is 17.1. The Kier molecular flexibility index (Phi) is 9.16. The van der Waals surface area contributed by atoms with E-state index < -0.39 is 0 Å². The summed E-state index contributed by atoms with van der Waals surface area (Å²) in [7, 11) is 0. The second-order valence-corrected chi connectivity index (χ2v) is 6.29. The highest BCUT2D eigenvalue weighted by Crippen LogP contribution is 2.16. The van der Waals surface area contributed by atoms with Crippen molar-refractivity contribution < 1.29 is 0 Å². The van der Waals surface area contributed by atoms with Gasteiger partial charge in [-0.2, -0.15) is 0 Å². The number of rotatable bonds is 6. The molecule has 2 rings (SSSR count). The highest BCUT2D eigenvalue weighted by Gasteiger charge is 2.02. The summed E-state index contributed by atoms with van der Waals surface area (Å²) in [6.45, 7) is 8.56. The van der Waals surface area contributed by atoms with E-state index in [-0.39, 0.29) is 24.0 Å². The zero-order valence-electron chi connectivity index (χ0n) is 13.9. The minimum absolute atomic E-state index is 0. The number of pyridine rings is 1. The molecular weight excluding hydrogens is 419 g/mol. The van der Waals surface area contributed by atoms with E-state index in [1.54, 1.807) is 0 Å². The Labute approximate surface area is 159 Å². The summed E-state index contributed by atoms with van der Waals surface area (Å²) in [5.74, 6) is 0.832. The first-order valence-corrected chi connectivity index (χ1v) is 8.54. The highest BCUT2D eigenvalue weighted by molar-refractivity contribution is 14.0. The Morgan fingerprint density at radius 1 is 1.17 bits per heavy atom. The maximum Gasteiger partial charge on any atom is 0.191 e. The fraction of sp³-hybridized carbons (Fsp3) is 0.412. The van der Waals surface area contributed by atoms with Crippen molar-refractivity contribution >= 4 is 41.3 Å². The third kappa shape index (κ3) is 6.47. The number of halogens is 1. The van der Waals surface area contributed by atoms with Gasteiger partial charge in [0, 0.05) is 22.5 Å². The average Bonchev–Trinajstić information content (AvgIpc) is 2.99. The molecule has 2 aromatic rings. The van der Waals surface area contributed by atoms with Crippen LogP contribution in [0.2, 0.25) is 0 Å². The number of aromatic nitrogens is 1. The number of thiophene rings is 1. The van der Waals surface area contributed by atoms with E-state index in [0.29, 0.717) is 6.54 Å². The van der Waals surface area contributed by atoms with Gasteiger partial charge in [-0.3, -0.25) is 4.98 Å². The smallest absolute Gasteiger partial charge is 0.191 e. The molecule has 0 aliphatic rings. The molecule has 2 N–H and O–H groups in total. The topological polar surface area (TPSA) is 49.3 Å². The van der Waals surface area contributed by atoms with Gasteiger partial charge in [-0.25, -0.2) is 4.99 Å². The Bertz CT molecular complexity index is 625. The van der Waals surface area contributed by atoms with Gasteiger partial charge in [-0.05, 0) is 44.0 Å². The molecule has 2 aromatic heterocycles. The van der Waals surface area contributed by atoms with Crippen LogP contribution >= 0.6 is 35.3 Å². The molecule has 0 spiro atoms. The number of aliphatic imine (C=N–C) groups is 1. The lowest BCUT2D eigenvalue weighted by Crippen LogP contribution is -2.36. The van der Waals surface area contributed by atoms with Crippen molar-refractivity contribution in [3.63, 3.8) is 0 Å². The molecule has 0 atom stereocenters. The van der Waals surface area contributed by atoms with Crippen molar-refractivity contribution in [2.75, 3.05) is 6.54 Å². The molecule has 0 saturated carbocycles. The maximum absolute atomic E-state index is 4.62. The number of hydrogen-bond donors (Lipinski definition) is 2. The molecule has 0 aliphatic carbocycles. The summed E-state index contributed by atoms with van der Waals surface area (Å²) in [4.78, 5) is 11.8. The molecule has 126 valence electrons. The second-order valence-electron chi connectivity index (χ2n) is 5.04. The van der Waals surface area contributed by atoms with Gasteiger partial charge in [0.15, 0.2) is 5.96 Å². The lowest BCUT2D eigenvalue weighted by Gasteiger charge is -2.10. The Balaban J connectivity index is 0.00000264. The van der Waals surface area contributed by atoms with Crippen molar-refractivity contribution in [3.05, 3.63) is 51.5 Å². The van der Waals surface area contributed by atoms with Crippen LogP contribution in [0.4, 0.5) is 0 Å². The Morgan fingerprint density at radius 2 is 1.96 bits per heavy atom. The first kappa shape index (κ1) is 19.9. The Morgan fingerprint density at radius 3 is 2.61 bits per heavy atom. The van der Waals surface area contributed by atoms with Crippen LogP contribution < -0.4 is 10.6 Å². The van der Waals surface area contributed by atoms with E-state index in [9.17, 15) is 0 Å². The summed E-state index contributed by atoms with van der Waals surface area (Å²) >= 11 is 1.85. The summed E-state index contributed by atoms with van der Waals surface area (Å²) in [5, 5.41) is 6.66. The second kappa shape index (κ2) is 10.6. The zero-order chi connectivity index (χ0) is 15.8. The standard InChI is InChI=1S/C17H24N4S.HI/c1-4-14-8-9-15(22-14)11-20-17(18-5-2)21-12-16-13(3)7-6-10-19-16;/h6-10H,4-5,11-12H2,1-3H3,(H2,18,20,21);1H. The molecule has 0 saturated heterocycles. The first-order chi connectivity index (χ1) is 10.7. The van der Waals surface area contributed by atoms with Crippen molar-refractivity contribution in [2.45, 2.75) is 40.3 Å². The van der Waals surface area contributed by atoms with E-state index in [2.05, 4.69) is 59.6 Å². The quantitative estimate of drug-likeness (QED) is 0.404. The molecular formula is C17H25IN4S. The van der Waals surface area contributed by atoms with Gasteiger partial charge in [0.05, 0.1) is 18.8 Å². The third-order valence-electron chi connectivity index (χ3n) is 3.34. The van der Waals surface area contributed by atoms with Crippen LogP contribution in [0.25, 0.3) is 0 Å². The predicted octanol–water partition coefficient (Wildman–Crippen LogP) is 3.89. The minimum Gasteiger partial charge on any atom is -0.357 e. The van der Waals surface area contributed by atoms with Gasteiger partial charge in [0.1, 0.15) is 0 Å². The van der Waals surface area contributed by atoms with Crippen molar-refractivity contribution in [2.24, 2.45) is 4.99 Å². The highest BCUT2D eigenvalue weighted by atomic mass is 127. The molecule has 2 heterocycles. The van der Waals surface area contributed by atoms with Crippen LogP contribution in [0.5, 0.6) is 0 Å². The average molecular weight is 444 g/mol. The molecule has 0 bridgehead atoms. The predicted molar refractivity (Wildman–Crippen MR) is 110 cm³/mol. The van der Waals surface area contributed by atoms with Crippen molar-refractivity contribution in [1.82, 2.24) is 15.6 Å². The molecule has 0 fully saturated rings. The van der Waals surface area contributed by atoms with E-state index >= 15 is 0 Å². The SMILES string of the molecule is CCNC(=NCc1ncccc1C)NCc1ccc(CC)s1.I. The summed E-state index contributed by atoms with van der Waals surface area (Å²) in [6.07, 6.45) is 2.91. The summed E-state index contributed by atoms with van der Waals surface area (Å²) in [6, 6.07) is 8.40. The van der Waals surface area contributed by atoms with Crippen molar-refractivity contribution in [3.8, 4) is 0 Å². The van der Waals surface area contributed by atoms with Crippen LogP contribution in [0.3, 0.4) is 0 Å². The molecule has 6 heteroatoms. The van der Waals surface area contributed by atoms with Crippen LogP contribution in [-0.4, -0.2) is 17.5 Å². The molecule has 4 nitrogen and oxygen atoms in total. The van der Waals surface area contributed by atoms with Crippen LogP contribution in [-0.2, 0) is 19.5 Å². The normalized spacial score (nSPS) is 11.0.